The van der Waals surface area contributed by atoms with Gasteiger partial charge in [0.1, 0.15) is 29.8 Å². The molecule has 7 atom stereocenters. The molecule has 4 aliphatic rings. The molecular weight excluding hydrogens is 630 g/mol. The van der Waals surface area contributed by atoms with Crippen LogP contribution in [0, 0.1) is 31.6 Å². The Kier molecular flexibility index (Phi) is 9.39. The molecule has 1 aromatic carbocycles. The highest BCUT2D eigenvalue weighted by Gasteiger charge is 2.75. The number of carbonyl (C=O) groups is 4. The van der Waals surface area contributed by atoms with Crippen LogP contribution < -0.4 is 10.2 Å². The van der Waals surface area contributed by atoms with E-state index < -0.39 is 53.6 Å². The lowest BCUT2D eigenvalue weighted by Crippen LogP contribution is -2.59. The van der Waals surface area contributed by atoms with Crippen LogP contribution in [0.25, 0.3) is 0 Å². The number of halogens is 1. The summed E-state index contributed by atoms with van der Waals surface area (Å²) in [6.07, 6.45) is 5.20. The van der Waals surface area contributed by atoms with Crippen LogP contribution in [-0.4, -0.2) is 83.3 Å². The van der Waals surface area contributed by atoms with Gasteiger partial charge >= 0.3 is 5.97 Å². The van der Waals surface area contributed by atoms with E-state index in [1.807, 2.05) is 58.0 Å². The maximum Gasteiger partial charge on any atom is 0.313 e. The molecule has 0 radical (unpaired) electrons. The zero-order valence-electron chi connectivity index (χ0n) is 25.9. The van der Waals surface area contributed by atoms with Crippen LogP contribution in [0.2, 0.25) is 0 Å². The lowest BCUT2D eigenvalue weighted by atomic mass is 9.74. The summed E-state index contributed by atoms with van der Waals surface area (Å²) in [5.41, 5.74) is 1.03. The number of esters is 1. The minimum Gasteiger partial charge on any atom is -0.460 e. The smallest absolute Gasteiger partial charge is 0.313 e. The van der Waals surface area contributed by atoms with Crippen molar-refractivity contribution in [2.75, 3.05) is 24.6 Å². The third-order valence-corrected chi connectivity index (χ3v) is 9.77. The molecule has 44 heavy (non-hydrogen) atoms. The average Bonchev–Trinajstić information content (AvgIpc) is 3.55. The van der Waals surface area contributed by atoms with Gasteiger partial charge in [0.05, 0.1) is 25.1 Å². The van der Waals surface area contributed by atoms with E-state index in [4.69, 9.17) is 9.47 Å². The highest BCUT2D eigenvalue weighted by molar-refractivity contribution is 9.11. The van der Waals surface area contributed by atoms with Crippen molar-refractivity contribution in [2.45, 2.75) is 83.8 Å². The number of hydrogen-bond donors (Lipinski definition) is 2. The van der Waals surface area contributed by atoms with Gasteiger partial charge in [-0.2, -0.15) is 0 Å². The molecule has 0 aliphatic carbocycles. The van der Waals surface area contributed by atoms with E-state index >= 15 is 4.79 Å². The van der Waals surface area contributed by atoms with Gasteiger partial charge in [0, 0.05) is 23.1 Å². The van der Waals surface area contributed by atoms with Crippen molar-refractivity contribution < 1.29 is 33.8 Å². The third kappa shape index (κ3) is 5.63. The maximum absolute atomic E-state index is 15.1. The van der Waals surface area contributed by atoms with E-state index in [9.17, 15) is 19.5 Å². The molecule has 4 aliphatic heterocycles. The van der Waals surface area contributed by atoms with Gasteiger partial charge in [-0.1, -0.05) is 60.1 Å². The van der Waals surface area contributed by atoms with Crippen molar-refractivity contribution in [3.8, 4) is 0 Å². The topological polar surface area (TPSA) is 125 Å². The van der Waals surface area contributed by atoms with Crippen LogP contribution in [0.3, 0.4) is 0 Å². The molecule has 3 amide bonds. The molecule has 1 aromatic rings. The molecule has 4 heterocycles. The van der Waals surface area contributed by atoms with Crippen molar-refractivity contribution in [1.29, 1.82) is 0 Å². The van der Waals surface area contributed by atoms with Crippen molar-refractivity contribution in [1.82, 2.24) is 10.2 Å². The first-order chi connectivity index (χ1) is 20.9. The van der Waals surface area contributed by atoms with Crippen LogP contribution in [0.1, 0.15) is 51.2 Å². The number of allylic oxidation sites excluding steroid dienone is 1. The van der Waals surface area contributed by atoms with E-state index in [1.54, 1.807) is 17.9 Å². The molecule has 0 aromatic heterocycles. The van der Waals surface area contributed by atoms with Crippen LogP contribution >= 0.6 is 15.9 Å². The molecular formula is C33H42BrN3O7. The van der Waals surface area contributed by atoms with E-state index in [1.165, 1.54) is 4.90 Å². The first kappa shape index (κ1) is 32.4. The number of carbonyl (C=O) groups excluding carboxylic acids is 4. The van der Waals surface area contributed by atoms with Gasteiger partial charge in [0.15, 0.2) is 0 Å². The highest BCUT2D eigenvalue weighted by atomic mass is 79.9. The van der Waals surface area contributed by atoms with Crippen LogP contribution in [0.5, 0.6) is 0 Å². The first-order valence-corrected chi connectivity index (χ1v) is 16.2. The number of ether oxygens (including phenoxy) is 2. The standard InChI is InChI=1S/C33H42BrN3O7/c1-18(2)14-22(17-38)37-29-31(41)36(27-19(3)10-9-11-20(27)4)13-8-6-7-12-24(39)35-16-21(5)43-32(42)25-26(30(37)40)33(29)15-23(34)28(25)44-33/h6,8-11,15,18,21-22,25-26,28-29,38H,7,12-14,16-17H2,1-5H3,(H,35,39)/b8-6-/t21-,22+,25+,26-,28+,29+,33-/m0/s1. The van der Waals surface area contributed by atoms with Crippen molar-refractivity contribution in [2.24, 2.45) is 17.8 Å². The Morgan fingerprint density at radius 2 is 1.82 bits per heavy atom. The number of hydrogen-bond acceptors (Lipinski definition) is 7. The fourth-order valence-electron chi connectivity index (χ4n) is 7.27. The zero-order valence-corrected chi connectivity index (χ0v) is 27.5. The number of nitrogens with one attached hydrogen (secondary N) is 1. The lowest BCUT2D eigenvalue weighted by Gasteiger charge is -2.39. The largest absolute Gasteiger partial charge is 0.460 e. The summed E-state index contributed by atoms with van der Waals surface area (Å²) in [5.74, 6) is -3.51. The Morgan fingerprint density at radius 1 is 1.11 bits per heavy atom. The number of aliphatic hydroxyl groups is 1. The second-order valence-electron chi connectivity index (χ2n) is 12.8. The number of amides is 3. The number of nitrogens with zero attached hydrogens (tertiary/aromatic N) is 2. The van der Waals surface area contributed by atoms with Gasteiger partial charge in [-0.15, -0.1) is 0 Å². The summed E-state index contributed by atoms with van der Waals surface area (Å²) in [4.78, 5) is 59.0. The first-order valence-electron chi connectivity index (χ1n) is 15.4. The SMILES string of the molecule is Cc1cccc(C)c1N1C/C=C\CCC(=O)NC[C@H](C)OC(=O)[C@H]2[C@@H]3O[C@@]4(C=C3Br)[C@@H]2C(=O)N([C@@H](CO)CC(C)C)[C@@H]4C1=O. The molecule has 5 bridgehead atoms. The number of aliphatic hydroxyl groups excluding tert-OH is 1. The second-order valence-corrected chi connectivity index (χ2v) is 13.7. The van der Waals surface area contributed by atoms with Gasteiger partial charge in [-0.25, -0.2) is 0 Å². The van der Waals surface area contributed by atoms with Gasteiger partial charge in [0.25, 0.3) is 5.91 Å². The molecule has 0 saturated carbocycles. The minimum absolute atomic E-state index is 0.119. The third-order valence-electron chi connectivity index (χ3n) is 9.09. The minimum atomic E-state index is -1.45. The Hall–Kier alpha value is -3.02. The van der Waals surface area contributed by atoms with E-state index in [2.05, 4.69) is 21.2 Å². The summed E-state index contributed by atoms with van der Waals surface area (Å²) < 4.78 is 12.9. The Bertz CT molecular complexity index is 1370. The van der Waals surface area contributed by atoms with Crippen molar-refractivity contribution in [3.05, 3.63) is 52.0 Å². The number of benzene rings is 1. The molecule has 238 valence electrons. The number of fused-ring (bicyclic) bond motifs is 2. The highest BCUT2D eigenvalue weighted by Crippen LogP contribution is 2.59. The number of rotatable bonds is 5. The van der Waals surface area contributed by atoms with Gasteiger partial charge < -0.3 is 29.7 Å². The predicted molar refractivity (Wildman–Crippen MR) is 168 cm³/mol. The lowest BCUT2D eigenvalue weighted by molar-refractivity contribution is -0.159. The predicted octanol–water partition coefficient (Wildman–Crippen LogP) is 3.31. The quantitative estimate of drug-likeness (QED) is 0.364. The molecule has 2 saturated heterocycles. The number of aryl methyl sites for hydroxylation is 2. The maximum atomic E-state index is 15.1. The zero-order chi connectivity index (χ0) is 31.9. The summed E-state index contributed by atoms with van der Waals surface area (Å²) in [6, 6.07) is 3.98. The summed E-state index contributed by atoms with van der Waals surface area (Å²) >= 11 is 3.57. The molecule has 0 unspecified atom stereocenters. The normalized spacial score (nSPS) is 32.5. The fraction of sp³-hybridized carbons (Fsp3) is 0.576. The van der Waals surface area contributed by atoms with E-state index in [-0.39, 0.29) is 43.8 Å². The fourth-order valence-corrected chi connectivity index (χ4v) is 8.00. The average molecular weight is 673 g/mol. The van der Waals surface area contributed by atoms with Gasteiger partial charge in [-0.05, 0) is 56.7 Å². The summed E-state index contributed by atoms with van der Waals surface area (Å²) in [5, 5.41) is 13.4. The van der Waals surface area contributed by atoms with Crippen molar-refractivity contribution >= 4 is 45.3 Å². The van der Waals surface area contributed by atoms with E-state index in [0.29, 0.717) is 17.3 Å². The molecule has 2 N–H and O–H groups in total. The van der Waals surface area contributed by atoms with Gasteiger partial charge in [-0.3, -0.25) is 19.2 Å². The number of cyclic esters (lactones) is 1. The number of para-hydroxylation sites is 1. The molecule has 11 heteroatoms. The Morgan fingerprint density at radius 3 is 2.48 bits per heavy atom. The summed E-state index contributed by atoms with van der Waals surface area (Å²) in [6.45, 7) is 9.51. The van der Waals surface area contributed by atoms with Crippen LogP contribution in [0.15, 0.2) is 40.9 Å². The van der Waals surface area contributed by atoms with E-state index in [0.717, 1.165) is 16.8 Å². The van der Waals surface area contributed by atoms with Crippen LogP contribution in [-0.2, 0) is 28.7 Å². The number of likely N-dealkylation sites (tertiary alicyclic amines) is 1. The van der Waals surface area contributed by atoms with Gasteiger partial charge in [0.2, 0.25) is 11.8 Å². The molecule has 10 nitrogen and oxygen atoms in total. The number of anilines is 1. The Labute approximate surface area is 266 Å². The molecule has 1 spiro atoms. The molecule has 2 fully saturated rings. The summed E-state index contributed by atoms with van der Waals surface area (Å²) in [7, 11) is 0. The second kappa shape index (κ2) is 12.8. The molecule has 5 rings (SSSR count). The monoisotopic (exact) mass is 671 g/mol. The Balaban J connectivity index is 1.69. The van der Waals surface area contributed by atoms with Crippen LogP contribution in [0.4, 0.5) is 5.69 Å². The van der Waals surface area contributed by atoms with Crippen molar-refractivity contribution in [3.63, 3.8) is 0 Å².